The van der Waals surface area contributed by atoms with Gasteiger partial charge in [-0.1, -0.05) is 18.7 Å². The summed E-state index contributed by atoms with van der Waals surface area (Å²) in [7, 11) is 0. The number of nitrogens with zero attached hydrogens (tertiary/aromatic N) is 4. The fourth-order valence-corrected chi connectivity index (χ4v) is 2.13. The third-order valence-corrected chi connectivity index (χ3v) is 3.19. The van der Waals surface area contributed by atoms with E-state index in [2.05, 4.69) is 32.6 Å². The van der Waals surface area contributed by atoms with E-state index in [0.29, 0.717) is 5.82 Å². The van der Waals surface area contributed by atoms with Crippen molar-refractivity contribution in [1.29, 1.82) is 0 Å². The van der Waals surface area contributed by atoms with Crippen LogP contribution in [-0.4, -0.2) is 19.9 Å². The average molecular weight is 280 g/mol. The Balaban J connectivity index is 2.53. The summed E-state index contributed by atoms with van der Waals surface area (Å²) >= 11 is 0. The van der Waals surface area contributed by atoms with Crippen LogP contribution in [0.4, 0.5) is 0 Å². The third-order valence-electron chi connectivity index (χ3n) is 3.19. The van der Waals surface area contributed by atoms with Crippen LogP contribution >= 0.6 is 0 Å². The summed E-state index contributed by atoms with van der Waals surface area (Å²) in [6, 6.07) is 0. The van der Waals surface area contributed by atoms with Crippen molar-refractivity contribution < 1.29 is 0 Å². The normalized spacial score (nSPS) is 11.0. The first-order chi connectivity index (χ1) is 10.0. The van der Waals surface area contributed by atoms with Crippen LogP contribution in [0, 0.1) is 13.8 Å². The van der Waals surface area contributed by atoms with Crippen LogP contribution in [0.1, 0.15) is 36.8 Å². The molecule has 108 valence electrons. The number of aryl methyl sites for hydroxylation is 2. The molecule has 0 unspecified atom stereocenters. The second-order valence-electron chi connectivity index (χ2n) is 5.03. The molecular weight excluding hydrogens is 260 g/mol. The first kappa shape index (κ1) is 15.0. The molecule has 0 aromatic carbocycles. The number of rotatable bonds is 4. The highest BCUT2D eigenvalue weighted by Gasteiger charge is 2.12. The summed E-state index contributed by atoms with van der Waals surface area (Å²) < 4.78 is 0. The van der Waals surface area contributed by atoms with E-state index in [1.165, 1.54) is 0 Å². The molecule has 4 nitrogen and oxygen atoms in total. The molecule has 0 bridgehead atoms. The van der Waals surface area contributed by atoms with Crippen molar-refractivity contribution in [2.24, 2.45) is 0 Å². The van der Waals surface area contributed by atoms with Crippen molar-refractivity contribution in [1.82, 2.24) is 19.9 Å². The Hall–Kier alpha value is -2.36. The van der Waals surface area contributed by atoms with Crippen LogP contribution in [-0.2, 0) is 6.42 Å². The Kier molecular flexibility index (Phi) is 4.58. The number of aromatic nitrogens is 4. The van der Waals surface area contributed by atoms with Gasteiger partial charge in [0.25, 0.3) is 0 Å². The smallest absolute Gasteiger partial charge is 0.154 e. The summed E-state index contributed by atoms with van der Waals surface area (Å²) in [6.07, 6.45) is 8.55. The molecule has 0 saturated carbocycles. The lowest BCUT2D eigenvalue weighted by Crippen LogP contribution is -2.03. The van der Waals surface area contributed by atoms with Crippen molar-refractivity contribution in [3.05, 3.63) is 54.0 Å². The van der Waals surface area contributed by atoms with Gasteiger partial charge in [-0.05, 0) is 39.7 Å². The van der Waals surface area contributed by atoms with Gasteiger partial charge in [0.1, 0.15) is 5.82 Å². The van der Waals surface area contributed by atoms with Gasteiger partial charge in [0.15, 0.2) is 5.82 Å². The molecule has 21 heavy (non-hydrogen) atoms. The maximum atomic E-state index is 4.58. The lowest BCUT2D eigenvalue weighted by molar-refractivity contribution is 0.969. The van der Waals surface area contributed by atoms with Gasteiger partial charge in [0.05, 0.1) is 5.69 Å². The monoisotopic (exact) mass is 280 g/mol. The van der Waals surface area contributed by atoms with Crippen molar-refractivity contribution in [2.75, 3.05) is 0 Å². The number of hydrogen-bond acceptors (Lipinski definition) is 4. The molecule has 0 radical (unpaired) electrons. The van der Waals surface area contributed by atoms with Crippen LogP contribution in [0.3, 0.4) is 0 Å². The fourth-order valence-electron chi connectivity index (χ4n) is 2.13. The first-order valence-corrected chi connectivity index (χ1v) is 6.96. The van der Waals surface area contributed by atoms with E-state index < -0.39 is 0 Å². The molecule has 0 aliphatic carbocycles. The first-order valence-electron chi connectivity index (χ1n) is 6.96. The topological polar surface area (TPSA) is 51.6 Å². The van der Waals surface area contributed by atoms with Gasteiger partial charge in [-0.2, -0.15) is 0 Å². The minimum atomic E-state index is 0.663. The molecule has 2 aromatic rings. The van der Waals surface area contributed by atoms with Gasteiger partial charge in [0.2, 0.25) is 0 Å². The Morgan fingerprint density at radius 3 is 2.43 bits per heavy atom. The largest absolute Gasteiger partial charge is 0.238 e. The van der Waals surface area contributed by atoms with Crippen LogP contribution in [0.15, 0.2) is 31.1 Å². The van der Waals surface area contributed by atoms with Crippen LogP contribution in [0.25, 0.3) is 16.8 Å². The van der Waals surface area contributed by atoms with Crippen molar-refractivity contribution in [3.63, 3.8) is 0 Å². The highest BCUT2D eigenvalue weighted by Crippen LogP contribution is 2.24. The van der Waals surface area contributed by atoms with Gasteiger partial charge < -0.3 is 0 Å². The Bertz CT molecular complexity index is 685. The molecular formula is C17H20N4. The van der Waals surface area contributed by atoms with Gasteiger partial charge >= 0.3 is 0 Å². The second-order valence-corrected chi connectivity index (χ2v) is 5.03. The third kappa shape index (κ3) is 3.40. The standard InChI is InChI=1S/C17H20N4/c1-6-7-8-15-12(4)20-13(5)21-16(15)14-9-18-17(11(2)3)19-10-14/h6-7,9-10H,2,8H2,1,3-5H3. The molecule has 0 aliphatic rings. The van der Waals surface area contributed by atoms with Crippen LogP contribution in [0.2, 0.25) is 0 Å². The quantitative estimate of drug-likeness (QED) is 0.801. The molecule has 0 saturated heterocycles. The van der Waals surface area contributed by atoms with Crippen LogP contribution < -0.4 is 0 Å². The van der Waals surface area contributed by atoms with Crippen molar-refractivity contribution in [3.8, 4) is 11.3 Å². The van der Waals surface area contributed by atoms with Gasteiger partial charge in [-0.3, -0.25) is 0 Å². The number of hydrogen-bond donors (Lipinski definition) is 0. The van der Waals surface area contributed by atoms with E-state index in [4.69, 9.17) is 0 Å². The Morgan fingerprint density at radius 2 is 1.86 bits per heavy atom. The highest BCUT2D eigenvalue weighted by atomic mass is 14.9. The zero-order valence-electron chi connectivity index (χ0n) is 13.0. The molecule has 0 N–H and O–H groups in total. The van der Waals surface area contributed by atoms with E-state index in [1.54, 1.807) is 12.4 Å². The van der Waals surface area contributed by atoms with E-state index in [9.17, 15) is 0 Å². The Labute approximate surface area is 125 Å². The molecule has 2 heterocycles. The maximum Gasteiger partial charge on any atom is 0.154 e. The van der Waals surface area contributed by atoms with Gasteiger partial charge in [-0.15, -0.1) is 0 Å². The van der Waals surface area contributed by atoms with E-state index in [1.807, 2.05) is 33.8 Å². The predicted octanol–water partition coefficient (Wildman–Crippen LogP) is 3.70. The molecule has 0 aliphatic heterocycles. The van der Waals surface area contributed by atoms with E-state index >= 15 is 0 Å². The summed E-state index contributed by atoms with van der Waals surface area (Å²) in [6.45, 7) is 11.7. The number of allylic oxidation sites excluding steroid dienone is 3. The van der Waals surface area contributed by atoms with E-state index in [-0.39, 0.29) is 0 Å². The van der Waals surface area contributed by atoms with Crippen molar-refractivity contribution in [2.45, 2.75) is 34.1 Å². The molecule has 0 fully saturated rings. The molecule has 2 aromatic heterocycles. The minimum Gasteiger partial charge on any atom is -0.238 e. The summed E-state index contributed by atoms with van der Waals surface area (Å²) in [4.78, 5) is 17.7. The lowest BCUT2D eigenvalue weighted by atomic mass is 10.0. The molecule has 0 spiro atoms. The minimum absolute atomic E-state index is 0.663. The fraction of sp³-hybridized carbons (Fsp3) is 0.294. The Morgan fingerprint density at radius 1 is 1.19 bits per heavy atom. The van der Waals surface area contributed by atoms with Gasteiger partial charge in [0, 0.05) is 29.2 Å². The molecule has 4 heteroatoms. The van der Waals surface area contributed by atoms with Crippen LogP contribution in [0.5, 0.6) is 0 Å². The summed E-state index contributed by atoms with van der Waals surface area (Å²) in [5.41, 5.74) is 4.79. The summed E-state index contributed by atoms with van der Waals surface area (Å²) in [5, 5.41) is 0. The lowest BCUT2D eigenvalue weighted by Gasteiger charge is -2.11. The molecule has 0 amide bonds. The summed E-state index contributed by atoms with van der Waals surface area (Å²) in [5.74, 6) is 1.42. The highest BCUT2D eigenvalue weighted by molar-refractivity contribution is 5.64. The van der Waals surface area contributed by atoms with Crippen molar-refractivity contribution >= 4 is 5.57 Å². The van der Waals surface area contributed by atoms with E-state index in [0.717, 1.165) is 40.3 Å². The maximum absolute atomic E-state index is 4.58. The molecule has 0 atom stereocenters. The second kappa shape index (κ2) is 6.39. The SMILES string of the molecule is C=C(C)c1ncc(-c2nc(C)nc(C)c2CC=CC)cn1. The predicted molar refractivity (Wildman–Crippen MR) is 85.8 cm³/mol. The zero-order valence-corrected chi connectivity index (χ0v) is 13.0. The average Bonchev–Trinajstić information content (AvgIpc) is 2.46. The molecule has 2 rings (SSSR count). The zero-order chi connectivity index (χ0) is 15.4. The van der Waals surface area contributed by atoms with Gasteiger partial charge in [-0.25, -0.2) is 19.9 Å².